The number of hydrogen-bond donors (Lipinski definition) is 1. The van der Waals surface area contributed by atoms with E-state index in [0.717, 1.165) is 25.2 Å². The lowest BCUT2D eigenvalue weighted by Gasteiger charge is -2.20. The van der Waals surface area contributed by atoms with E-state index in [4.69, 9.17) is 0 Å². The van der Waals surface area contributed by atoms with Gasteiger partial charge in [0.05, 0.1) is 5.69 Å². The molecule has 1 amide bonds. The average Bonchev–Trinajstić information content (AvgIpc) is 3.13. The average molecular weight is 395 g/mol. The van der Waals surface area contributed by atoms with Crippen LogP contribution in [-0.4, -0.2) is 38.7 Å². The summed E-state index contributed by atoms with van der Waals surface area (Å²) in [6.07, 6.45) is 0. The second kappa shape index (κ2) is 9.43. The Hall–Kier alpha value is -3.06. The van der Waals surface area contributed by atoms with Gasteiger partial charge in [-0.3, -0.25) is 9.69 Å². The van der Waals surface area contributed by atoms with Gasteiger partial charge in [0.15, 0.2) is 0 Å². The fraction of sp³-hybridized carbons (Fsp3) is 0.318. The highest BCUT2D eigenvalue weighted by atomic mass is 19.1. The standard InChI is InChI=1S/C22H26FN5O/c1-4-27(5-2)15-18-9-7-6-8-17(18)14-24-22(29)21-25-16(3)28(26-21)20-12-10-19(23)11-13-20/h6-13H,4-5,14-15H2,1-3H3,(H,24,29). The van der Waals surface area contributed by atoms with E-state index >= 15 is 0 Å². The first-order valence-corrected chi connectivity index (χ1v) is 9.78. The minimum Gasteiger partial charge on any atom is -0.345 e. The number of aryl methyl sites for hydroxylation is 1. The molecule has 0 saturated heterocycles. The van der Waals surface area contributed by atoms with Crippen LogP contribution in [-0.2, 0) is 13.1 Å². The smallest absolute Gasteiger partial charge is 0.291 e. The number of carbonyl (C=O) groups is 1. The molecule has 7 heteroatoms. The van der Waals surface area contributed by atoms with Crippen molar-refractivity contribution in [1.29, 1.82) is 0 Å². The molecule has 0 saturated carbocycles. The number of rotatable bonds is 8. The minimum absolute atomic E-state index is 0.0908. The van der Waals surface area contributed by atoms with Crippen molar-refractivity contribution >= 4 is 5.91 Å². The van der Waals surface area contributed by atoms with E-state index in [0.29, 0.717) is 18.1 Å². The maximum absolute atomic E-state index is 13.1. The summed E-state index contributed by atoms with van der Waals surface area (Å²) < 4.78 is 14.7. The number of aromatic nitrogens is 3. The van der Waals surface area contributed by atoms with Crippen LogP contribution < -0.4 is 5.32 Å². The molecule has 3 rings (SSSR count). The quantitative estimate of drug-likeness (QED) is 0.634. The van der Waals surface area contributed by atoms with Gasteiger partial charge in [-0.25, -0.2) is 14.1 Å². The molecule has 0 aliphatic heterocycles. The van der Waals surface area contributed by atoms with Crippen molar-refractivity contribution in [3.05, 3.63) is 77.1 Å². The van der Waals surface area contributed by atoms with Crippen molar-refractivity contribution < 1.29 is 9.18 Å². The second-order valence-corrected chi connectivity index (χ2v) is 6.78. The van der Waals surface area contributed by atoms with Crippen molar-refractivity contribution in [3.8, 4) is 5.69 Å². The van der Waals surface area contributed by atoms with Crippen LogP contribution in [0.4, 0.5) is 4.39 Å². The summed E-state index contributed by atoms with van der Waals surface area (Å²) in [7, 11) is 0. The van der Waals surface area contributed by atoms with E-state index in [2.05, 4.69) is 40.2 Å². The third-order valence-corrected chi connectivity index (χ3v) is 4.89. The van der Waals surface area contributed by atoms with Crippen LogP contribution in [0.1, 0.15) is 41.4 Å². The van der Waals surface area contributed by atoms with Gasteiger partial charge >= 0.3 is 0 Å². The van der Waals surface area contributed by atoms with Crippen LogP contribution in [0.15, 0.2) is 48.5 Å². The van der Waals surface area contributed by atoms with Crippen LogP contribution >= 0.6 is 0 Å². The molecule has 29 heavy (non-hydrogen) atoms. The van der Waals surface area contributed by atoms with Crippen molar-refractivity contribution in [3.63, 3.8) is 0 Å². The zero-order chi connectivity index (χ0) is 20.8. The van der Waals surface area contributed by atoms with Crippen molar-refractivity contribution in [1.82, 2.24) is 25.0 Å². The van der Waals surface area contributed by atoms with Gasteiger partial charge in [0.25, 0.3) is 5.91 Å². The number of carbonyl (C=O) groups excluding carboxylic acids is 1. The van der Waals surface area contributed by atoms with Gasteiger partial charge in [-0.2, -0.15) is 0 Å². The molecule has 0 aliphatic carbocycles. The molecule has 2 aromatic carbocycles. The highest BCUT2D eigenvalue weighted by molar-refractivity contribution is 5.90. The zero-order valence-electron chi connectivity index (χ0n) is 17.0. The van der Waals surface area contributed by atoms with Gasteiger partial charge in [0, 0.05) is 13.1 Å². The number of benzene rings is 2. The Morgan fingerprint density at radius 1 is 1.07 bits per heavy atom. The van der Waals surface area contributed by atoms with Crippen molar-refractivity contribution in [2.24, 2.45) is 0 Å². The first kappa shape index (κ1) is 20.7. The molecule has 0 atom stereocenters. The lowest BCUT2D eigenvalue weighted by molar-refractivity contribution is 0.0940. The number of halogens is 1. The third-order valence-electron chi connectivity index (χ3n) is 4.89. The van der Waals surface area contributed by atoms with E-state index in [1.807, 2.05) is 18.2 Å². The third kappa shape index (κ3) is 5.06. The molecule has 152 valence electrons. The molecular formula is C22H26FN5O. The van der Waals surface area contributed by atoms with E-state index in [1.54, 1.807) is 19.1 Å². The van der Waals surface area contributed by atoms with Crippen molar-refractivity contribution in [2.45, 2.75) is 33.9 Å². The Morgan fingerprint density at radius 2 is 1.72 bits per heavy atom. The largest absolute Gasteiger partial charge is 0.345 e. The first-order chi connectivity index (χ1) is 14.0. The van der Waals surface area contributed by atoms with Gasteiger partial charge in [0.1, 0.15) is 11.6 Å². The van der Waals surface area contributed by atoms with Crippen LogP contribution in [0.25, 0.3) is 5.69 Å². The monoisotopic (exact) mass is 395 g/mol. The Labute approximate surface area is 170 Å². The number of hydrogen-bond acceptors (Lipinski definition) is 4. The number of amides is 1. The van der Waals surface area contributed by atoms with Gasteiger partial charge in [-0.1, -0.05) is 38.1 Å². The summed E-state index contributed by atoms with van der Waals surface area (Å²) in [5, 5.41) is 7.19. The number of nitrogens with zero attached hydrogens (tertiary/aromatic N) is 4. The van der Waals surface area contributed by atoms with Crippen molar-refractivity contribution in [2.75, 3.05) is 13.1 Å². The maximum atomic E-state index is 13.1. The molecule has 1 N–H and O–H groups in total. The topological polar surface area (TPSA) is 63.1 Å². The Morgan fingerprint density at radius 3 is 2.38 bits per heavy atom. The summed E-state index contributed by atoms with van der Waals surface area (Å²) >= 11 is 0. The fourth-order valence-electron chi connectivity index (χ4n) is 3.14. The fourth-order valence-corrected chi connectivity index (χ4v) is 3.14. The first-order valence-electron chi connectivity index (χ1n) is 9.78. The number of nitrogens with one attached hydrogen (secondary N) is 1. The Balaban J connectivity index is 1.71. The van der Waals surface area contributed by atoms with Crippen LogP contribution in [0.2, 0.25) is 0 Å². The van der Waals surface area contributed by atoms with E-state index in [-0.39, 0.29) is 17.5 Å². The van der Waals surface area contributed by atoms with Gasteiger partial charge in [0.2, 0.25) is 5.82 Å². The lowest BCUT2D eigenvalue weighted by Crippen LogP contribution is -2.26. The van der Waals surface area contributed by atoms with E-state index < -0.39 is 0 Å². The summed E-state index contributed by atoms with van der Waals surface area (Å²) in [5.74, 6) is -0.0174. The Bertz CT molecular complexity index is 964. The molecule has 1 aromatic heterocycles. The molecule has 0 bridgehead atoms. The van der Waals surface area contributed by atoms with Gasteiger partial charge in [-0.05, 0) is 55.4 Å². The molecule has 0 fully saturated rings. The summed E-state index contributed by atoms with van der Waals surface area (Å²) in [6, 6.07) is 14.0. The molecular weight excluding hydrogens is 369 g/mol. The van der Waals surface area contributed by atoms with Crippen LogP contribution in [0.5, 0.6) is 0 Å². The SMILES string of the molecule is CCN(CC)Cc1ccccc1CNC(=O)c1nc(C)n(-c2ccc(F)cc2)n1. The highest BCUT2D eigenvalue weighted by Crippen LogP contribution is 2.13. The normalized spacial score (nSPS) is 11.1. The molecule has 3 aromatic rings. The predicted molar refractivity (Wildman–Crippen MR) is 110 cm³/mol. The molecule has 0 aliphatic rings. The zero-order valence-corrected chi connectivity index (χ0v) is 17.0. The van der Waals surface area contributed by atoms with E-state index in [1.165, 1.54) is 22.4 Å². The summed E-state index contributed by atoms with van der Waals surface area (Å²) in [4.78, 5) is 19.2. The minimum atomic E-state index is -0.341. The van der Waals surface area contributed by atoms with Crippen LogP contribution in [0.3, 0.4) is 0 Å². The molecule has 0 spiro atoms. The second-order valence-electron chi connectivity index (χ2n) is 6.78. The molecule has 6 nitrogen and oxygen atoms in total. The van der Waals surface area contributed by atoms with Crippen LogP contribution in [0, 0.1) is 12.7 Å². The van der Waals surface area contributed by atoms with Gasteiger partial charge < -0.3 is 5.32 Å². The molecule has 0 unspecified atom stereocenters. The molecule has 1 heterocycles. The highest BCUT2D eigenvalue weighted by Gasteiger charge is 2.16. The molecule has 0 radical (unpaired) electrons. The summed E-state index contributed by atoms with van der Waals surface area (Å²) in [6.45, 7) is 9.23. The predicted octanol–water partition coefficient (Wildman–Crippen LogP) is 3.49. The lowest BCUT2D eigenvalue weighted by atomic mass is 10.1. The summed E-state index contributed by atoms with van der Waals surface area (Å²) in [5.41, 5.74) is 2.92. The van der Waals surface area contributed by atoms with Gasteiger partial charge in [-0.15, -0.1) is 5.10 Å². The van der Waals surface area contributed by atoms with E-state index in [9.17, 15) is 9.18 Å². The Kier molecular flexibility index (Phi) is 6.72. The maximum Gasteiger partial charge on any atom is 0.291 e.